The highest BCUT2D eigenvalue weighted by molar-refractivity contribution is 5.88. The zero-order valence-electron chi connectivity index (χ0n) is 13.8. The van der Waals surface area contributed by atoms with Crippen molar-refractivity contribution in [3.05, 3.63) is 30.2 Å². The molecule has 3 aromatic rings. The molecule has 0 saturated heterocycles. The van der Waals surface area contributed by atoms with Crippen LogP contribution in [0, 0.1) is 6.92 Å². The zero-order valence-corrected chi connectivity index (χ0v) is 13.8. The van der Waals surface area contributed by atoms with Crippen molar-refractivity contribution in [3.8, 4) is 11.5 Å². The molecule has 2 N–H and O–H groups in total. The third kappa shape index (κ3) is 2.83. The molecule has 24 heavy (non-hydrogen) atoms. The van der Waals surface area contributed by atoms with Crippen molar-refractivity contribution in [2.75, 3.05) is 26.1 Å². The minimum Gasteiger partial charge on any atom is -0.493 e. The van der Waals surface area contributed by atoms with Gasteiger partial charge in [-0.3, -0.25) is 0 Å². The van der Waals surface area contributed by atoms with Crippen molar-refractivity contribution in [2.45, 2.75) is 13.5 Å². The number of aliphatic hydroxyl groups is 1. The van der Waals surface area contributed by atoms with E-state index in [-0.39, 0.29) is 6.61 Å². The van der Waals surface area contributed by atoms with Crippen LogP contribution in [0.2, 0.25) is 0 Å². The molecule has 2 aromatic heterocycles. The SMILES string of the molecule is COc1cc(C)c(Nc2ncnc3c2cnn3CCO)cc1OC. The third-order valence-corrected chi connectivity index (χ3v) is 3.73. The molecule has 0 aliphatic heterocycles. The van der Waals surface area contributed by atoms with E-state index in [1.165, 1.54) is 6.33 Å². The first kappa shape index (κ1) is 16.0. The summed E-state index contributed by atoms with van der Waals surface area (Å²) >= 11 is 0. The highest BCUT2D eigenvalue weighted by Gasteiger charge is 2.13. The number of methoxy groups -OCH3 is 2. The van der Waals surface area contributed by atoms with Gasteiger partial charge in [0.15, 0.2) is 17.1 Å². The Morgan fingerprint density at radius 3 is 2.62 bits per heavy atom. The summed E-state index contributed by atoms with van der Waals surface area (Å²) in [6, 6.07) is 3.76. The third-order valence-electron chi connectivity index (χ3n) is 3.73. The van der Waals surface area contributed by atoms with Crippen molar-refractivity contribution in [2.24, 2.45) is 0 Å². The van der Waals surface area contributed by atoms with E-state index < -0.39 is 0 Å². The predicted octanol–water partition coefficient (Wildman–Crippen LogP) is 1.89. The Balaban J connectivity index is 2.01. The summed E-state index contributed by atoms with van der Waals surface area (Å²) in [6.07, 6.45) is 3.15. The molecule has 126 valence electrons. The predicted molar refractivity (Wildman–Crippen MR) is 90.0 cm³/mol. The van der Waals surface area contributed by atoms with E-state index in [1.54, 1.807) is 25.1 Å². The van der Waals surface area contributed by atoms with E-state index in [0.717, 1.165) is 16.6 Å². The van der Waals surface area contributed by atoms with Crippen LogP contribution in [0.25, 0.3) is 11.0 Å². The Morgan fingerprint density at radius 1 is 1.17 bits per heavy atom. The number of hydrogen-bond donors (Lipinski definition) is 2. The number of benzene rings is 1. The molecule has 8 nitrogen and oxygen atoms in total. The lowest BCUT2D eigenvalue weighted by molar-refractivity contribution is 0.271. The first-order chi connectivity index (χ1) is 11.7. The Hall–Kier alpha value is -2.87. The Bertz CT molecular complexity index is 862. The van der Waals surface area contributed by atoms with Crippen LogP contribution in [0.15, 0.2) is 24.7 Å². The van der Waals surface area contributed by atoms with E-state index in [9.17, 15) is 0 Å². The van der Waals surface area contributed by atoms with Crippen LogP contribution in [0.4, 0.5) is 11.5 Å². The van der Waals surface area contributed by atoms with Gasteiger partial charge in [-0.05, 0) is 18.6 Å². The number of anilines is 2. The van der Waals surface area contributed by atoms with Crippen molar-refractivity contribution in [1.29, 1.82) is 0 Å². The molecular weight excluding hydrogens is 310 g/mol. The number of ether oxygens (including phenoxy) is 2. The van der Waals surface area contributed by atoms with E-state index in [1.807, 2.05) is 19.1 Å². The second-order valence-corrected chi connectivity index (χ2v) is 5.20. The molecule has 0 amide bonds. The van der Waals surface area contributed by atoms with Crippen molar-refractivity contribution < 1.29 is 14.6 Å². The van der Waals surface area contributed by atoms with Gasteiger partial charge in [-0.25, -0.2) is 14.6 Å². The summed E-state index contributed by atoms with van der Waals surface area (Å²) in [6.45, 7) is 2.35. The minimum absolute atomic E-state index is 0.00166. The number of aromatic nitrogens is 4. The van der Waals surface area contributed by atoms with E-state index in [2.05, 4.69) is 20.4 Å². The van der Waals surface area contributed by atoms with Crippen LogP contribution in [0.1, 0.15) is 5.56 Å². The summed E-state index contributed by atoms with van der Waals surface area (Å²) in [5.74, 6) is 1.94. The maximum Gasteiger partial charge on any atom is 0.163 e. The Morgan fingerprint density at radius 2 is 1.92 bits per heavy atom. The van der Waals surface area contributed by atoms with Crippen molar-refractivity contribution in [1.82, 2.24) is 19.7 Å². The fraction of sp³-hybridized carbons (Fsp3) is 0.312. The van der Waals surface area contributed by atoms with Gasteiger partial charge < -0.3 is 19.9 Å². The number of fused-ring (bicyclic) bond motifs is 1. The number of aryl methyl sites for hydroxylation is 1. The van der Waals surface area contributed by atoms with Gasteiger partial charge in [-0.1, -0.05) is 0 Å². The molecule has 0 spiro atoms. The van der Waals surface area contributed by atoms with E-state index in [4.69, 9.17) is 14.6 Å². The largest absolute Gasteiger partial charge is 0.493 e. The topological polar surface area (TPSA) is 94.3 Å². The lowest BCUT2D eigenvalue weighted by Gasteiger charge is -2.14. The summed E-state index contributed by atoms with van der Waals surface area (Å²) in [5, 5.41) is 17.4. The van der Waals surface area contributed by atoms with Gasteiger partial charge in [-0.15, -0.1) is 0 Å². The molecule has 2 heterocycles. The first-order valence-corrected chi connectivity index (χ1v) is 7.45. The van der Waals surface area contributed by atoms with Crippen LogP contribution >= 0.6 is 0 Å². The maximum absolute atomic E-state index is 9.10. The maximum atomic E-state index is 9.10. The van der Waals surface area contributed by atoms with Gasteiger partial charge >= 0.3 is 0 Å². The second kappa shape index (κ2) is 6.71. The number of rotatable bonds is 6. The summed E-state index contributed by atoms with van der Waals surface area (Å²) < 4.78 is 12.3. The first-order valence-electron chi connectivity index (χ1n) is 7.45. The van der Waals surface area contributed by atoms with Gasteiger partial charge in [0.1, 0.15) is 12.1 Å². The Kier molecular flexibility index (Phi) is 4.48. The van der Waals surface area contributed by atoms with E-state index in [0.29, 0.717) is 29.5 Å². The molecule has 1 aromatic carbocycles. The molecule has 0 bridgehead atoms. The van der Waals surface area contributed by atoms with Crippen LogP contribution in [-0.4, -0.2) is 45.7 Å². The summed E-state index contributed by atoms with van der Waals surface area (Å²) in [4.78, 5) is 8.54. The molecule has 3 rings (SSSR count). The number of hydrogen-bond acceptors (Lipinski definition) is 7. The van der Waals surface area contributed by atoms with Gasteiger partial charge in [0, 0.05) is 11.8 Å². The van der Waals surface area contributed by atoms with Crippen molar-refractivity contribution >= 4 is 22.5 Å². The molecule has 0 saturated carbocycles. The van der Waals surface area contributed by atoms with Crippen LogP contribution < -0.4 is 14.8 Å². The van der Waals surface area contributed by atoms with Gasteiger partial charge in [-0.2, -0.15) is 5.10 Å². The molecule has 0 atom stereocenters. The molecule has 0 aliphatic rings. The molecule has 0 unspecified atom stereocenters. The summed E-state index contributed by atoms with van der Waals surface area (Å²) in [7, 11) is 3.20. The number of aliphatic hydroxyl groups excluding tert-OH is 1. The molecule has 0 aliphatic carbocycles. The fourth-order valence-electron chi connectivity index (χ4n) is 2.49. The highest BCUT2D eigenvalue weighted by Crippen LogP contribution is 2.34. The quantitative estimate of drug-likeness (QED) is 0.713. The normalized spacial score (nSPS) is 10.8. The second-order valence-electron chi connectivity index (χ2n) is 5.20. The van der Waals surface area contributed by atoms with Crippen LogP contribution in [0.3, 0.4) is 0 Å². The minimum atomic E-state index is -0.00166. The molecule has 0 fully saturated rings. The zero-order chi connectivity index (χ0) is 17.1. The average Bonchev–Trinajstić information content (AvgIpc) is 3.01. The monoisotopic (exact) mass is 329 g/mol. The number of nitrogens with zero attached hydrogens (tertiary/aromatic N) is 4. The van der Waals surface area contributed by atoms with Crippen LogP contribution in [-0.2, 0) is 6.54 Å². The smallest absolute Gasteiger partial charge is 0.163 e. The Labute approximate surface area is 139 Å². The average molecular weight is 329 g/mol. The summed E-state index contributed by atoms with van der Waals surface area (Å²) in [5.41, 5.74) is 2.50. The fourth-order valence-corrected chi connectivity index (χ4v) is 2.49. The molecular formula is C16H19N5O3. The van der Waals surface area contributed by atoms with Gasteiger partial charge in [0.05, 0.1) is 39.0 Å². The lowest BCUT2D eigenvalue weighted by Crippen LogP contribution is -2.05. The standard InChI is InChI=1S/C16H19N5O3/c1-10-6-13(23-2)14(24-3)7-12(10)20-15-11-8-19-21(4-5-22)16(11)18-9-17-15/h6-9,22H,4-5H2,1-3H3,(H,17,18,20). The highest BCUT2D eigenvalue weighted by atomic mass is 16.5. The number of nitrogens with one attached hydrogen (secondary N) is 1. The van der Waals surface area contributed by atoms with Crippen molar-refractivity contribution in [3.63, 3.8) is 0 Å². The van der Waals surface area contributed by atoms with Crippen LogP contribution in [0.5, 0.6) is 11.5 Å². The van der Waals surface area contributed by atoms with E-state index >= 15 is 0 Å². The lowest BCUT2D eigenvalue weighted by atomic mass is 10.1. The molecule has 8 heteroatoms. The molecule has 0 radical (unpaired) electrons. The van der Waals surface area contributed by atoms with Gasteiger partial charge in [0.25, 0.3) is 0 Å². The van der Waals surface area contributed by atoms with Gasteiger partial charge in [0.2, 0.25) is 0 Å².